The number of hydrogen-bond acceptors (Lipinski definition) is 4. The monoisotopic (exact) mass is 377 g/mol. The SMILES string of the molecule is CCCCN(CCCC)c1nc(-c2ccc(OCC)cc2)nc2ccccc12. The number of rotatable bonds is 10. The summed E-state index contributed by atoms with van der Waals surface area (Å²) in [6, 6.07) is 16.4. The molecule has 0 amide bonds. The Hall–Kier alpha value is -2.62. The summed E-state index contributed by atoms with van der Waals surface area (Å²) in [7, 11) is 0. The summed E-state index contributed by atoms with van der Waals surface area (Å²) in [6.07, 6.45) is 4.69. The van der Waals surface area contributed by atoms with Crippen molar-refractivity contribution in [1.82, 2.24) is 9.97 Å². The fourth-order valence-electron chi connectivity index (χ4n) is 3.32. The Labute approximate surface area is 168 Å². The van der Waals surface area contributed by atoms with E-state index in [0.717, 1.165) is 46.9 Å². The third kappa shape index (κ3) is 4.80. The molecular formula is C24H31N3O. The molecule has 0 radical (unpaired) electrons. The van der Waals surface area contributed by atoms with Gasteiger partial charge in [-0.2, -0.15) is 0 Å². The molecular weight excluding hydrogens is 346 g/mol. The van der Waals surface area contributed by atoms with E-state index in [1.54, 1.807) is 0 Å². The molecule has 4 heteroatoms. The van der Waals surface area contributed by atoms with Gasteiger partial charge in [0.15, 0.2) is 5.82 Å². The lowest BCUT2D eigenvalue weighted by molar-refractivity contribution is 0.340. The van der Waals surface area contributed by atoms with Crippen LogP contribution in [0.4, 0.5) is 5.82 Å². The molecule has 0 aliphatic rings. The molecule has 0 saturated heterocycles. The fourth-order valence-corrected chi connectivity index (χ4v) is 3.32. The van der Waals surface area contributed by atoms with E-state index in [2.05, 4.69) is 36.9 Å². The van der Waals surface area contributed by atoms with Crippen LogP contribution >= 0.6 is 0 Å². The highest BCUT2D eigenvalue weighted by molar-refractivity contribution is 5.91. The molecule has 0 spiro atoms. The van der Waals surface area contributed by atoms with E-state index in [-0.39, 0.29) is 0 Å². The maximum Gasteiger partial charge on any atom is 0.162 e. The van der Waals surface area contributed by atoms with Crippen LogP contribution in [0, 0.1) is 0 Å². The van der Waals surface area contributed by atoms with Gasteiger partial charge in [-0.25, -0.2) is 9.97 Å². The molecule has 0 aliphatic heterocycles. The summed E-state index contributed by atoms with van der Waals surface area (Å²) in [5.41, 5.74) is 2.01. The normalized spacial score (nSPS) is 11.0. The number of unbranched alkanes of at least 4 members (excludes halogenated alkanes) is 2. The van der Waals surface area contributed by atoms with Gasteiger partial charge in [0.25, 0.3) is 0 Å². The zero-order valence-electron chi connectivity index (χ0n) is 17.3. The van der Waals surface area contributed by atoms with E-state index < -0.39 is 0 Å². The Balaban J connectivity index is 2.04. The summed E-state index contributed by atoms with van der Waals surface area (Å²) in [4.78, 5) is 12.3. The third-order valence-electron chi connectivity index (χ3n) is 4.87. The van der Waals surface area contributed by atoms with Crippen LogP contribution in [0.15, 0.2) is 48.5 Å². The summed E-state index contributed by atoms with van der Waals surface area (Å²) >= 11 is 0. The number of ether oxygens (including phenoxy) is 1. The highest BCUT2D eigenvalue weighted by Crippen LogP contribution is 2.29. The number of anilines is 1. The Bertz CT molecular complexity index is 869. The lowest BCUT2D eigenvalue weighted by atomic mass is 10.1. The topological polar surface area (TPSA) is 38.2 Å². The van der Waals surface area contributed by atoms with Crippen LogP contribution in [0.2, 0.25) is 0 Å². The van der Waals surface area contributed by atoms with Crippen molar-refractivity contribution in [3.63, 3.8) is 0 Å². The van der Waals surface area contributed by atoms with Gasteiger partial charge < -0.3 is 9.64 Å². The summed E-state index contributed by atoms with van der Waals surface area (Å²) in [6.45, 7) is 9.19. The number of aromatic nitrogens is 2. The third-order valence-corrected chi connectivity index (χ3v) is 4.87. The zero-order valence-corrected chi connectivity index (χ0v) is 17.3. The van der Waals surface area contributed by atoms with Gasteiger partial charge in [0.1, 0.15) is 11.6 Å². The van der Waals surface area contributed by atoms with Crippen molar-refractivity contribution in [2.24, 2.45) is 0 Å². The van der Waals surface area contributed by atoms with Crippen molar-refractivity contribution >= 4 is 16.7 Å². The van der Waals surface area contributed by atoms with E-state index in [9.17, 15) is 0 Å². The van der Waals surface area contributed by atoms with Gasteiger partial charge in [-0.1, -0.05) is 38.8 Å². The molecule has 148 valence electrons. The predicted molar refractivity (Wildman–Crippen MR) is 118 cm³/mol. The first-order valence-electron chi connectivity index (χ1n) is 10.5. The molecule has 0 bridgehead atoms. The predicted octanol–water partition coefficient (Wildman–Crippen LogP) is 6.10. The van der Waals surface area contributed by atoms with Crippen molar-refractivity contribution in [2.75, 3.05) is 24.6 Å². The van der Waals surface area contributed by atoms with Crippen molar-refractivity contribution < 1.29 is 4.74 Å². The first-order chi connectivity index (χ1) is 13.8. The van der Waals surface area contributed by atoms with Crippen LogP contribution in [-0.4, -0.2) is 29.7 Å². The standard InChI is InChI=1S/C24H31N3O/c1-4-7-17-27(18-8-5-2)24-21-11-9-10-12-22(21)25-23(26-24)19-13-15-20(16-14-19)28-6-3/h9-16H,4-8,17-18H2,1-3H3. The van der Waals surface area contributed by atoms with Gasteiger partial charge in [0.05, 0.1) is 12.1 Å². The van der Waals surface area contributed by atoms with Gasteiger partial charge in [0, 0.05) is 24.0 Å². The average Bonchev–Trinajstić information content (AvgIpc) is 2.74. The molecule has 1 heterocycles. The van der Waals surface area contributed by atoms with Crippen LogP contribution in [0.3, 0.4) is 0 Å². The molecule has 1 aromatic heterocycles. The molecule has 3 rings (SSSR count). The molecule has 0 fully saturated rings. The van der Waals surface area contributed by atoms with Crippen LogP contribution in [0.25, 0.3) is 22.3 Å². The second-order valence-corrected chi connectivity index (χ2v) is 7.04. The maximum atomic E-state index is 5.57. The van der Waals surface area contributed by atoms with Gasteiger partial charge in [-0.3, -0.25) is 0 Å². The van der Waals surface area contributed by atoms with Crippen LogP contribution < -0.4 is 9.64 Å². The second-order valence-electron chi connectivity index (χ2n) is 7.04. The molecule has 0 unspecified atom stereocenters. The molecule has 0 aliphatic carbocycles. The van der Waals surface area contributed by atoms with E-state index in [1.807, 2.05) is 37.3 Å². The smallest absolute Gasteiger partial charge is 0.162 e. The minimum atomic E-state index is 0.666. The highest BCUT2D eigenvalue weighted by Gasteiger charge is 2.15. The number of para-hydroxylation sites is 1. The van der Waals surface area contributed by atoms with E-state index in [4.69, 9.17) is 14.7 Å². The molecule has 0 N–H and O–H groups in total. The van der Waals surface area contributed by atoms with Crippen LogP contribution in [-0.2, 0) is 0 Å². The second kappa shape index (κ2) is 10.1. The fraction of sp³-hybridized carbons (Fsp3) is 0.417. The minimum absolute atomic E-state index is 0.666. The Morgan fingerprint density at radius 3 is 2.14 bits per heavy atom. The van der Waals surface area contributed by atoms with Crippen LogP contribution in [0.1, 0.15) is 46.5 Å². The van der Waals surface area contributed by atoms with E-state index >= 15 is 0 Å². The molecule has 28 heavy (non-hydrogen) atoms. The Morgan fingerprint density at radius 2 is 1.50 bits per heavy atom. The van der Waals surface area contributed by atoms with Crippen molar-refractivity contribution in [3.8, 4) is 17.1 Å². The first-order valence-corrected chi connectivity index (χ1v) is 10.5. The number of hydrogen-bond donors (Lipinski definition) is 0. The Kier molecular flexibility index (Phi) is 7.24. The number of nitrogens with zero attached hydrogens (tertiary/aromatic N) is 3. The number of benzene rings is 2. The largest absolute Gasteiger partial charge is 0.494 e. The quantitative estimate of drug-likeness (QED) is 0.428. The molecule has 3 aromatic rings. The lowest BCUT2D eigenvalue weighted by Gasteiger charge is -2.25. The molecule has 0 atom stereocenters. The Morgan fingerprint density at radius 1 is 0.821 bits per heavy atom. The molecule has 0 saturated carbocycles. The lowest BCUT2D eigenvalue weighted by Crippen LogP contribution is -2.27. The van der Waals surface area contributed by atoms with Crippen molar-refractivity contribution in [2.45, 2.75) is 46.5 Å². The minimum Gasteiger partial charge on any atom is -0.494 e. The van der Waals surface area contributed by atoms with Gasteiger partial charge >= 0.3 is 0 Å². The van der Waals surface area contributed by atoms with Gasteiger partial charge in [0.2, 0.25) is 0 Å². The van der Waals surface area contributed by atoms with E-state index in [1.165, 1.54) is 25.7 Å². The first kappa shape index (κ1) is 20.1. The molecule has 2 aromatic carbocycles. The molecule has 4 nitrogen and oxygen atoms in total. The summed E-state index contributed by atoms with van der Waals surface area (Å²) in [5.74, 6) is 2.70. The van der Waals surface area contributed by atoms with Crippen molar-refractivity contribution in [1.29, 1.82) is 0 Å². The highest BCUT2D eigenvalue weighted by atomic mass is 16.5. The van der Waals surface area contributed by atoms with E-state index in [0.29, 0.717) is 6.61 Å². The van der Waals surface area contributed by atoms with Gasteiger partial charge in [-0.15, -0.1) is 0 Å². The zero-order chi connectivity index (χ0) is 19.8. The average molecular weight is 378 g/mol. The maximum absolute atomic E-state index is 5.57. The summed E-state index contributed by atoms with van der Waals surface area (Å²) < 4.78 is 5.57. The van der Waals surface area contributed by atoms with Gasteiger partial charge in [-0.05, 0) is 56.2 Å². The van der Waals surface area contributed by atoms with Crippen molar-refractivity contribution in [3.05, 3.63) is 48.5 Å². The summed E-state index contributed by atoms with van der Waals surface area (Å²) in [5, 5.41) is 1.13. The number of fused-ring (bicyclic) bond motifs is 1. The van der Waals surface area contributed by atoms with Crippen LogP contribution in [0.5, 0.6) is 5.75 Å².